The summed E-state index contributed by atoms with van der Waals surface area (Å²) in [7, 11) is 2.18. The molecule has 0 bridgehead atoms. The van der Waals surface area contributed by atoms with Crippen LogP contribution in [-0.2, 0) is 6.54 Å². The number of hydrogen-bond donors (Lipinski definition) is 1. The Morgan fingerprint density at radius 2 is 1.96 bits per heavy atom. The van der Waals surface area contributed by atoms with E-state index in [0.29, 0.717) is 18.0 Å². The molecule has 2 aromatic heterocycles. The van der Waals surface area contributed by atoms with Crippen LogP contribution in [0.1, 0.15) is 40.2 Å². The number of hydrogen-bond acceptors (Lipinski definition) is 5. The van der Waals surface area contributed by atoms with Gasteiger partial charge in [-0.15, -0.1) is 4.91 Å². The van der Waals surface area contributed by atoms with Crippen LogP contribution >= 0.6 is 0 Å². The molecule has 1 aliphatic heterocycles. The molecule has 0 saturated carbocycles. The summed E-state index contributed by atoms with van der Waals surface area (Å²) in [6.45, 7) is 2.94. The van der Waals surface area contributed by atoms with E-state index in [1.807, 2.05) is 30.0 Å². The Bertz CT molecular complexity index is 988. The van der Waals surface area contributed by atoms with E-state index in [2.05, 4.69) is 33.9 Å². The van der Waals surface area contributed by atoms with Crippen molar-refractivity contribution in [3.8, 4) is 0 Å². The number of benzene rings is 1. The van der Waals surface area contributed by atoms with Gasteiger partial charge in [0.15, 0.2) is 0 Å². The topological polar surface area (TPSA) is 79.6 Å². The quantitative estimate of drug-likeness (QED) is 0.546. The van der Waals surface area contributed by atoms with E-state index in [1.54, 1.807) is 12.1 Å². The van der Waals surface area contributed by atoms with Gasteiger partial charge in [-0.05, 0) is 74.3 Å². The lowest BCUT2D eigenvalue weighted by Gasteiger charge is -2.29. The van der Waals surface area contributed by atoms with Crippen molar-refractivity contribution in [2.45, 2.75) is 25.3 Å². The Kier molecular flexibility index (Phi) is 5.16. The van der Waals surface area contributed by atoms with Crippen LogP contribution in [0.5, 0.6) is 0 Å². The lowest BCUT2D eigenvalue weighted by molar-refractivity contribution is 0.0954. The van der Waals surface area contributed by atoms with Gasteiger partial charge < -0.3 is 9.47 Å². The highest BCUT2D eigenvalue weighted by Crippen LogP contribution is 2.29. The first-order chi connectivity index (χ1) is 13.6. The molecule has 3 heterocycles. The molecule has 4 rings (SSSR count). The highest BCUT2D eigenvalue weighted by atomic mass is 16.3. The summed E-state index contributed by atoms with van der Waals surface area (Å²) in [5, 5.41) is 3.57. The van der Waals surface area contributed by atoms with E-state index in [4.69, 9.17) is 4.98 Å². The number of pyridine rings is 1. The summed E-state index contributed by atoms with van der Waals surface area (Å²) < 4.78 is 2.11. The van der Waals surface area contributed by atoms with Crippen molar-refractivity contribution in [3.63, 3.8) is 0 Å². The lowest BCUT2D eigenvalue weighted by Crippen LogP contribution is -2.29. The minimum absolute atomic E-state index is 0.404. The molecule has 0 unspecified atom stereocenters. The van der Waals surface area contributed by atoms with Crippen LogP contribution in [0.15, 0.2) is 54.1 Å². The van der Waals surface area contributed by atoms with Crippen molar-refractivity contribution in [1.82, 2.24) is 19.9 Å². The Hall–Kier alpha value is -3.06. The smallest absolute Gasteiger partial charge is 0.273 e. The molecule has 7 heteroatoms. The van der Waals surface area contributed by atoms with E-state index in [9.17, 15) is 9.70 Å². The number of fused-ring (bicyclic) bond motifs is 1. The number of carbonyl (C=O) groups excluding carboxylic acids is 1. The van der Waals surface area contributed by atoms with Gasteiger partial charge in [0.05, 0.1) is 5.29 Å². The fourth-order valence-corrected chi connectivity index (χ4v) is 3.85. The molecule has 1 amide bonds. The molecule has 1 aliphatic rings. The number of rotatable bonds is 5. The van der Waals surface area contributed by atoms with E-state index in [0.717, 1.165) is 29.7 Å². The number of likely N-dealkylation sites (tertiary alicyclic amines) is 1. The summed E-state index contributed by atoms with van der Waals surface area (Å²) >= 11 is 0. The summed E-state index contributed by atoms with van der Waals surface area (Å²) in [6, 6.07) is 11.5. The first-order valence-electron chi connectivity index (χ1n) is 9.49. The molecule has 0 radical (unpaired) electrons. The Balaban J connectivity index is 1.50. The third-order valence-electron chi connectivity index (χ3n) is 5.53. The monoisotopic (exact) mass is 377 g/mol. The largest absolute Gasteiger partial charge is 0.328 e. The molecule has 1 N–H and O–H groups in total. The van der Waals surface area contributed by atoms with Crippen LogP contribution in [0.3, 0.4) is 0 Å². The zero-order valence-electron chi connectivity index (χ0n) is 15.8. The van der Waals surface area contributed by atoms with Crippen LogP contribution in [0.4, 0.5) is 0 Å². The van der Waals surface area contributed by atoms with E-state index in [-0.39, 0.29) is 0 Å². The number of aromatic nitrogens is 2. The maximum atomic E-state index is 11.6. The number of nitroso groups, excluding NO2 is 1. The maximum absolute atomic E-state index is 11.6. The highest BCUT2D eigenvalue weighted by Gasteiger charge is 2.19. The number of amides is 1. The Morgan fingerprint density at radius 1 is 1.21 bits per heavy atom. The molecule has 1 saturated heterocycles. The van der Waals surface area contributed by atoms with Crippen molar-refractivity contribution in [1.29, 1.82) is 0 Å². The molecular formula is C21H23N5O2. The van der Waals surface area contributed by atoms with Crippen molar-refractivity contribution < 1.29 is 4.79 Å². The highest BCUT2D eigenvalue weighted by molar-refractivity contribution is 5.93. The molecule has 1 aromatic carbocycles. The SMILES string of the molecule is CN1CCC(c2cnc3c(ccn3Cc3ccc(C(=O)NN=O)cc3)c2)CC1. The Labute approximate surface area is 163 Å². The minimum atomic E-state index is -0.504. The third kappa shape index (κ3) is 3.80. The molecule has 0 aliphatic carbocycles. The predicted octanol–water partition coefficient (Wildman–Crippen LogP) is 3.31. The molecule has 0 atom stereocenters. The van der Waals surface area contributed by atoms with Crippen LogP contribution in [0, 0.1) is 4.91 Å². The Morgan fingerprint density at radius 3 is 2.68 bits per heavy atom. The van der Waals surface area contributed by atoms with Crippen molar-refractivity contribution in [2.75, 3.05) is 20.1 Å². The first-order valence-corrected chi connectivity index (χ1v) is 9.49. The van der Waals surface area contributed by atoms with Gasteiger partial charge in [0, 0.05) is 29.9 Å². The molecule has 28 heavy (non-hydrogen) atoms. The molecular weight excluding hydrogens is 354 g/mol. The molecule has 0 spiro atoms. The second-order valence-electron chi connectivity index (χ2n) is 7.43. The predicted molar refractivity (Wildman–Crippen MR) is 108 cm³/mol. The fraction of sp³-hybridized carbons (Fsp3) is 0.333. The fourth-order valence-electron chi connectivity index (χ4n) is 3.85. The summed E-state index contributed by atoms with van der Waals surface area (Å²) in [4.78, 5) is 28.9. The van der Waals surface area contributed by atoms with Crippen molar-refractivity contribution in [3.05, 3.63) is 70.4 Å². The zero-order valence-corrected chi connectivity index (χ0v) is 15.8. The minimum Gasteiger partial charge on any atom is -0.328 e. The summed E-state index contributed by atoms with van der Waals surface area (Å²) in [5.41, 5.74) is 5.65. The number of piperidine rings is 1. The molecule has 144 valence electrons. The summed E-state index contributed by atoms with van der Waals surface area (Å²) in [5.74, 6) is 0.0899. The van der Waals surface area contributed by atoms with Gasteiger partial charge >= 0.3 is 0 Å². The van der Waals surface area contributed by atoms with Gasteiger partial charge in [0.25, 0.3) is 5.91 Å². The average Bonchev–Trinajstić information content (AvgIpc) is 3.11. The van der Waals surface area contributed by atoms with Gasteiger partial charge in [-0.3, -0.25) is 4.79 Å². The van der Waals surface area contributed by atoms with E-state index in [1.165, 1.54) is 18.4 Å². The second kappa shape index (κ2) is 7.90. The van der Waals surface area contributed by atoms with Crippen LogP contribution in [0.2, 0.25) is 0 Å². The van der Waals surface area contributed by atoms with Crippen LogP contribution in [0.25, 0.3) is 11.0 Å². The van der Waals surface area contributed by atoms with Crippen molar-refractivity contribution in [2.24, 2.45) is 5.29 Å². The average molecular weight is 377 g/mol. The number of carbonyl (C=O) groups is 1. The van der Waals surface area contributed by atoms with Gasteiger partial charge in [0.1, 0.15) is 5.65 Å². The molecule has 1 fully saturated rings. The first kappa shape index (κ1) is 18.3. The maximum Gasteiger partial charge on any atom is 0.273 e. The van der Waals surface area contributed by atoms with E-state index < -0.39 is 5.91 Å². The lowest BCUT2D eigenvalue weighted by atomic mass is 9.90. The third-order valence-corrected chi connectivity index (χ3v) is 5.53. The van der Waals surface area contributed by atoms with Crippen LogP contribution in [-0.4, -0.2) is 40.5 Å². The van der Waals surface area contributed by atoms with Gasteiger partial charge in [0.2, 0.25) is 0 Å². The van der Waals surface area contributed by atoms with Crippen LogP contribution < -0.4 is 5.43 Å². The van der Waals surface area contributed by atoms with Crippen molar-refractivity contribution >= 4 is 16.9 Å². The zero-order chi connectivity index (χ0) is 19.5. The number of nitrogens with zero attached hydrogens (tertiary/aromatic N) is 4. The number of nitrogens with one attached hydrogen (secondary N) is 1. The second-order valence-corrected chi connectivity index (χ2v) is 7.43. The molecule has 3 aromatic rings. The van der Waals surface area contributed by atoms with Gasteiger partial charge in [-0.25, -0.2) is 10.4 Å². The van der Waals surface area contributed by atoms with E-state index >= 15 is 0 Å². The summed E-state index contributed by atoms with van der Waals surface area (Å²) in [6.07, 6.45) is 6.44. The van der Waals surface area contributed by atoms with Gasteiger partial charge in [-0.1, -0.05) is 12.1 Å². The standard InChI is InChI=1S/C21H23N5O2/c1-25-9-6-16(7-10-25)19-12-18-8-11-26(20(18)22-13-19)14-15-2-4-17(5-3-15)21(27)23-24-28/h2-5,8,11-13,16H,6-7,9-10,14H2,1H3,(H,23,27,28). The normalized spacial score (nSPS) is 15.6. The molecule has 7 nitrogen and oxygen atoms in total. The van der Waals surface area contributed by atoms with Gasteiger partial charge in [-0.2, -0.15) is 0 Å².